The third-order valence-corrected chi connectivity index (χ3v) is 1.90. The monoisotopic (exact) mass is 177 g/mol. The zero-order chi connectivity index (χ0) is 9.42. The molecule has 0 fully saturated rings. The van der Waals surface area contributed by atoms with Crippen molar-refractivity contribution in [1.29, 1.82) is 0 Å². The van der Waals surface area contributed by atoms with Crippen molar-refractivity contribution in [2.75, 3.05) is 0 Å². The fourth-order valence-electron chi connectivity index (χ4n) is 1.24. The highest BCUT2D eigenvalue weighted by Gasteiger charge is 2.28. The molecule has 5 nitrogen and oxygen atoms in total. The Morgan fingerprint density at radius 2 is 2.38 bits per heavy atom. The first-order valence-electron chi connectivity index (χ1n) is 3.70. The standard InChI is InChI=1S/C8H7N3O2/c9-8(13)6-7(12)4-1-2-10-5(4)3-11-6/h1-3,7,12H,(H2,9,13). The van der Waals surface area contributed by atoms with E-state index in [0.29, 0.717) is 11.3 Å². The Hall–Kier alpha value is -1.75. The van der Waals surface area contributed by atoms with Crippen molar-refractivity contribution >= 4 is 17.8 Å². The molecular formula is C8H7N3O2. The van der Waals surface area contributed by atoms with Crippen molar-refractivity contribution in [3.8, 4) is 0 Å². The van der Waals surface area contributed by atoms with Gasteiger partial charge in [0.25, 0.3) is 5.91 Å². The van der Waals surface area contributed by atoms with Crippen LogP contribution >= 0.6 is 0 Å². The second-order valence-corrected chi connectivity index (χ2v) is 2.70. The SMILES string of the molecule is NC(=O)C1=NC=C2N=CC=C2C1O. The van der Waals surface area contributed by atoms with Crippen molar-refractivity contribution in [3.63, 3.8) is 0 Å². The maximum absolute atomic E-state index is 10.8. The number of aliphatic hydroxyl groups excluding tert-OH is 1. The molecule has 5 heteroatoms. The van der Waals surface area contributed by atoms with Crippen LogP contribution in [0.5, 0.6) is 0 Å². The lowest BCUT2D eigenvalue weighted by Gasteiger charge is -2.16. The molecule has 1 unspecified atom stereocenters. The van der Waals surface area contributed by atoms with E-state index in [1.54, 1.807) is 12.3 Å². The maximum Gasteiger partial charge on any atom is 0.266 e. The van der Waals surface area contributed by atoms with Gasteiger partial charge in [0, 0.05) is 11.8 Å². The van der Waals surface area contributed by atoms with E-state index in [1.807, 2.05) is 0 Å². The van der Waals surface area contributed by atoms with Gasteiger partial charge >= 0.3 is 0 Å². The van der Waals surface area contributed by atoms with E-state index in [9.17, 15) is 9.90 Å². The van der Waals surface area contributed by atoms with Crippen LogP contribution < -0.4 is 5.73 Å². The number of aliphatic imine (C=N–C) groups is 2. The number of allylic oxidation sites excluding steroid dienone is 1. The van der Waals surface area contributed by atoms with Gasteiger partial charge in [-0.15, -0.1) is 0 Å². The molecule has 0 saturated carbocycles. The number of hydrogen-bond donors (Lipinski definition) is 2. The molecule has 2 rings (SSSR count). The van der Waals surface area contributed by atoms with Crippen LogP contribution in [-0.2, 0) is 4.79 Å². The van der Waals surface area contributed by atoms with Crippen molar-refractivity contribution < 1.29 is 9.90 Å². The van der Waals surface area contributed by atoms with E-state index in [0.717, 1.165) is 0 Å². The van der Waals surface area contributed by atoms with Crippen LogP contribution in [0.15, 0.2) is 33.5 Å². The summed E-state index contributed by atoms with van der Waals surface area (Å²) in [6.07, 6.45) is 3.56. The molecule has 66 valence electrons. The number of primary amides is 1. The highest BCUT2D eigenvalue weighted by Crippen LogP contribution is 2.24. The molecule has 2 aliphatic rings. The van der Waals surface area contributed by atoms with E-state index in [1.165, 1.54) is 6.20 Å². The fourth-order valence-corrected chi connectivity index (χ4v) is 1.24. The van der Waals surface area contributed by atoms with Gasteiger partial charge in [-0.25, -0.2) is 0 Å². The van der Waals surface area contributed by atoms with Crippen LogP contribution in [0, 0.1) is 0 Å². The molecule has 13 heavy (non-hydrogen) atoms. The third kappa shape index (κ3) is 1.09. The number of nitrogens with two attached hydrogens (primary N) is 1. The third-order valence-electron chi connectivity index (χ3n) is 1.90. The summed E-state index contributed by atoms with van der Waals surface area (Å²) in [7, 11) is 0. The number of carbonyl (C=O) groups is 1. The van der Waals surface area contributed by atoms with Gasteiger partial charge in [0.1, 0.15) is 11.8 Å². The Morgan fingerprint density at radius 1 is 1.62 bits per heavy atom. The Balaban J connectivity index is 2.43. The van der Waals surface area contributed by atoms with Crippen LogP contribution in [0.25, 0.3) is 0 Å². The van der Waals surface area contributed by atoms with Crippen LogP contribution in [0.2, 0.25) is 0 Å². The first kappa shape index (κ1) is 7.88. The summed E-state index contributed by atoms with van der Waals surface area (Å²) in [6.45, 7) is 0. The summed E-state index contributed by atoms with van der Waals surface area (Å²) in [4.78, 5) is 18.4. The van der Waals surface area contributed by atoms with Crippen LogP contribution in [0.1, 0.15) is 0 Å². The molecule has 2 heterocycles. The number of amides is 1. The number of hydrogen-bond acceptors (Lipinski definition) is 4. The van der Waals surface area contributed by atoms with E-state index in [-0.39, 0.29) is 5.71 Å². The van der Waals surface area contributed by atoms with Crippen molar-refractivity contribution in [2.45, 2.75) is 6.10 Å². The van der Waals surface area contributed by atoms with Crippen molar-refractivity contribution in [3.05, 3.63) is 23.5 Å². The number of rotatable bonds is 1. The quantitative estimate of drug-likeness (QED) is 0.545. The number of nitrogens with zero attached hydrogens (tertiary/aromatic N) is 2. The van der Waals surface area contributed by atoms with Gasteiger partial charge in [0.15, 0.2) is 0 Å². The Morgan fingerprint density at radius 3 is 3.08 bits per heavy atom. The zero-order valence-electron chi connectivity index (χ0n) is 6.64. The lowest BCUT2D eigenvalue weighted by molar-refractivity contribution is -0.112. The normalized spacial score (nSPS) is 24.7. The van der Waals surface area contributed by atoms with Crippen molar-refractivity contribution in [1.82, 2.24) is 0 Å². The largest absolute Gasteiger partial charge is 0.382 e. The predicted molar refractivity (Wildman–Crippen MR) is 47.3 cm³/mol. The van der Waals surface area contributed by atoms with Gasteiger partial charge in [-0.3, -0.25) is 14.8 Å². The Bertz CT molecular complexity index is 390. The first-order chi connectivity index (χ1) is 6.20. The van der Waals surface area contributed by atoms with Gasteiger partial charge in [-0.1, -0.05) is 0 Å². The molecule has 1 atom stereocenters. The summed E-state index contributed by atoms with van der Waals surface area (Å²) >= 11 is 0. The minimum absolute atomic E-state index is 0.0412. The van der Waals surface area contributed by atoms with Gasteiger partial charge in [0.05, 0.1) is 11.9 Å². The number of fused-ring (bicyclic) bond motifs is 1. The van der Waals surface area contributed by atoms with Gasteiger partial charge < -0.3 is 10.8 Å². The fraction of sp³-hybridized carbons (Fsp3) is 0.125. The lowest BCUT2D eigenvalue weighted by atomic mass is 10.0. The highest BCUT2D eigenvalue weighted by atomic mass is 16.3. The molecule has 0 aromatic carbocycles. The highest BCUT2D eigenvalue weighted by molar-refractivity contribution is 6.41. The van der Waals surface area contributed by atoms with E-state index >= 15 is 0 Å². The van der Waals surface area contributed by atoms with Crippen LogP contribution in [0.4, 0.5) is 0 Å². The number of carbonyl (C=O) groups excluding carboxylic acids is 1. The maximum atomic E-state index is 10.8. The minimum atomic E-state index is -1.04. The van der Waals surface area contributed by atoms with Crippen LogP contribution in [-0.4, -0.2) is 29.0 Å². The molecule has 0 bridgehead atoms. The van der Waals surface area contributed by atoms with Crippen molar-refractivity contribution in [2.24, 2.45) is 15.7 Å². The van der Waals surface area contributed by atoms with Gasteiger partial charge in [-0.2, -0.15) is 0 Å². The molecule has 0 aromatic heterocycles. The number of aliphatic hydroxyl groups is 1. The smallest absolute Gasteiger partial charge is 0.266 e. The zero-order valence-corrected chi connectivity index (χ0v) is 6.64. The average molecular weight is 177 g/mol. The molecule has 0 aliphatic carbocycles. The Labute approximate surface area is 74.0 Å². The first-order valence-corrected chi connectivity index (χ1v) is 3.70. The average Bonchev–Trinajstić information content (AvgIpc) is 2.52. The molecule has 1 amide bonds. The molecule has 0 saturated heterocycles. The Kier molecular flexibility index (Phi) is 1.60. The molecule has 2 aliphatic heterocycles. The molecule has 0 radical (unpaired) electrons. The van der Waals surface area contributed by atoms with Crippen LogP contribution in [0.3, 0.4) is 0 Å². The summed E-state index contributed by atoms with van der Waals surface area (Å²) in [6, 6.07) is 0. The lowest BCUT2D eigenvalue weighted by Crippen LogP contribution is -2.36. The van der Waals surface area contributed by atoms with Gasteiger partial charge in [0.2, 0.25) is 0 Å². The van der Waals surface area contributed by atoms with E-state index in [2.05, 4.69) is 9.98 Å². The van der Waals surface area contributed by atoms with E-state index in [4.69, 9.17) is 5.73 Å². The molecule has 0 aromatic rings. The summed E-state index contributed by atoms with van der Waals surface area (Å²) in [5, 5.41) is 9.59. The molecule has 0 spiro atoms. The summed E-state index contributed by atoms with van der Waals surface area (Å²) < 4.78 is 0. The van der Waals surface area contributed by atoms with Gasteiger partial charge in [-0.05, 0) is 6.08 Å². The summed E-state index contributed by atoms with van der Waals surface area (Å²) in [5.74, 6) is -0.712. The second kappa shape index (κ2) is 2.63. The summed E-state index contributed by atoms with van der Waals surface area (Å²) in [5.41, 5.74) is 6.13. The predicted octanol–water partition coefficient (Wildman–Crippen LogP) is -0.861. The van der Waals surface area contributed by atoms with E-state index < -0.39 is 12.0 Å². The second-order valence-electron chi connectivity index (χ2n) is 2.70. The minimum Gasteiger partial charge on any atom is -0.382 e. The molecule has 3 N–H and O–H groups in total. The molecular weight excluding hydrogens is 170 g/mol. The topological polar surface area (TPSA) is 88.0 Å².